The zero-order chi connectivity index (χ0) is 39.8. The molecule has 0 saturated carbocycles. The third-order valence-corrected chi connectivity index (χ3v) is 11.8. The maximum absolute atomic E-state index is 12.8. The Bertz CT molecular complexity index is 2160. The van der Waals surface area contributed by atoms with Gasteiger partial charge in [-0.15, -0.1) is 8.67 Å². The standard InChI is InChI=1S/C39H44N2O11S3/c1-38(2)29-15-10-11-16-30(29)40(23-14-19-35(42)43)33(38)17-8-6-5-7-9-18-34-39(3,4)37-31(41(34)22-12-13-24-53-51-49-44)21-20-27-25-28(54-52-50-45)26-32(36(27)37)55(46,47)48/h5-11,15-18,20-21,25-26H,12-14,19,22-24H2,1-4H3,(H3-,42,43,44,45,46,47,48)/p+1. The molecule has 294 valence electrons. The lowest BCUT2D eigenvalue weighted by Gasteiger charge is -2.26. The zero-order valence-electron chi connectivity index (χ0n) is 30.9. The first-order chi connectivity index (χ1) is 26.2. The summed E-state index contributed by atoms with van der Waals surface area (Å²) in [6.07, 6.45) is 15.8. The number of para-hydroxylation sites is 1. The second kappa shape index (κ2) is 18.4. The molecule has 16 heteroatoms. The number of rotatable bonds is 19. The molecule has 4 N–H and O–H groups in total. The van der Waals surface area contributed by atoms with Crippen LogP contribution in [0.25, 0.3) is 10.8 Å². The van der Waals surface area contributed by atoms with E-state index >= 15 is 0 Å². The lowest BCUT2D eigenvalue weighted by molar-refractivity contribution is -0.438. The molecule has 0 bridgehead atoms. The molecule has 2 heterocycles. The molecule has 2 aliphatic heterocycles. The first kappa shape index (κ1) is 42.3. The fraction of sp³-hybridized carbons (Fsp3) is 0.333. The summed E-state index contributed by atoms with van der Waals surface area (Å²) in [5.41, 5.74) is 4.81. The highest BCUT2D eigenvalue weighted by molar-refractivity contribution is 7.94. The highest BCUT2D eigenvalue weighted by atomic mass is 32.2. The predicted molar refractivity (Wildman–Crippen MR) is 213 cm³/mol. The second-order valence-corrected chi connectivity index (χ2v) is 16.9. The van der Waals surface area contributed by atoms with E-state index in [1.54, 1.807) is 12.1 Å². The highest BCUT2D eigenvalue weighted by Crippen LogP contribution is 2.49. The molecule has 0 aliphatic carbocycles. The molecule has 2 aliphatic rings. The number of aliphatic carboxylic acids is 1. The number of nitrogens with zero attached hydrogens (tertiary/aromatic N) is 2. The largest absolute Gasteiger partial charge is 0.481 e. The average molecular weight is 814 g/mol. The molecule has 0 saturated heterocycles. The molecule has 5 rings (SSSR count). The number of allylic oxidation sites excluding steroid dienone is 8. The van der Waals surface area contributed by atoms with Crippen molar-refractivity contribution in [3.8, 4) is 0 Å². The highest BCUT2D eigenvalue weighted by Gasteiger charge is 2.46. The van der Waals surface area contributed by atoms with Crippen molar-refractivity contribution >= 4 is 68.0 Å². The third-order valence-electron chi connectivity index (χ3n) is 9.78. The molecule has 0 amide bonds. The topological polar surface area (TPSA) is 175 Å². The lowest BCUT2D eigenvalue weighted by atomic mass is 9.79. The number of carboxylic acids is 1. The maximum Gasteiger partial charge on any atom is 0.303 e. The Hall–Kier alpha value is -3.81. The Balaban J connectivity index is 1.45. The number of carboxylic acid groups (broad SMARTS) is 1. The van der Waals surface area contributed by atoms with Gasteiger partial charge in [-0.25, -0.2) is 10.5 Å². The minimum Gasteiger partial charge on any atom is -0.481 e. The molecule has 3 aromatic carbocycles. The second-order valence-electron chi connectivity index (χ2n) is 14.0. The van der Waals surface area contributed by atoms with Crippen molar-refractivity contribution in [1.29, 1.82) is 0 Å². The fourth-order valence-corrected chi connectivity index (χ4v) is 9.14. The number of hydrogen-bond acceptors (Lipinski definition) is 12. The van der Waals surface area contributed by atoms with Crippen LogP contribution in [0.4, 0.5) is 11.4 Å². The van der Waals surface area contributed by atoms with Gasteiger partial charge in [0.25, 0.3) is 10.1 Å². The Morgan fingerprint density at radius 1 is 0.909 bits per heavy atom. The Kier molecular flexibility index (Phi) is 14.2. The van der Waals surface area contributed by atoms with Crippen LogP contribution in [-0.4, -0.2) is 63.7 Å². The molecule has 3 aromatic rings. The molecular weight excluding hydrogens is 769 g/mol. The average Bonchev–Trinajstić information content (AvgIpc) is 3.49. The van der Waals surface area contributed by atoms with Gasteiger partial charge in [0, 0.05) is 82.0 Å². The molecule has 0 fully saturated rings. The summed E-state index contributed by atoms with van der Waals surface area (Å²) in [6, 6.07) is 14.9. The van der Waals surface area contributed by atoms with Crippen molar-refractivity contribution in [2.75, 3.05) is 23.7 Å². The summed E-state index contributed by atoms with van der Waals surface area (Å²) in [7, 11) is -4.70. The predicted octanol–water partition coefficient (Wildman–Crippen LogP) is 8.96. The normalized spacial score (nSPS) is 17.1. The van der Waals surface area contributed by atoms with E-state index in [0.29, 0.717) is 53.0 Å². The first-order valence-corrected chi connectivity index (χ1v) is 20.6. The summed E-state index contributed by atoms with van der Waals surface area (Å²) < 4.78 is 47.2. The molecule has 0 spiro atoms. The molecular formula is C39H45N2O11S3+. The Morgan fingerprint density at radius 2 is 1.64 bits per heavy atom. The minimum atomic E-state index is -4.70. The van der Waals surface area contributed by atoms with Crippen LogP contribution in [0.5, 0.6) is 0 Å². The molecule has 13 nitrogen and oxygen atoms in total. The van der Waals surface area contributed by atoms with Crippen molar-refractivity contribution in [1.82, 2.24) is 0 Å². The lowest BCUT2D eigenvalue weighted by Crippen LogP contribution is -2.28. The maximum atomic E-state index is 12.8. The minimum absolute atomic E-state index is 0.0956. The van der Waals surface area contributed by atoms with Crippen molar-refractivity contribution in [2.24, 2.45) is 0 Å². The fourth-order valence-electron chi connectivity index (χ4n) is 7.43. The summed E-state index contributed by atoms with van der Waals surface area (Å²) in [5.74, 6) is -0.249. The molecule has 0 radical (unpaired) electrons. The quantitative estimate of drug-likeness (QED) is 0.0172. The Labute approximate surface area is 329 Å². The van der Waals surface area contributed by atoms with E-state index in [1.807, 2.05) is 68.5 Å². The molecule has 55 heavy (non-hydrogen) atoms. The van der Waals surface area contributed by atoms with Crippen LogP contribution in [0.1, 0.15) is 64.5 Å². The van der Waals surface area contributed by atoms with E-state index in [1.165, 1.54) is 11.6 Å². The first-order valence-electron chi connectivity index (χ1n) is 17.5. The van der Waals surface area contributed by atoms with Gasteiger partial charge in [0.2, 0.25) is 5.69 Å². The SMILES string of the molecule is CC1(C)C(/C=C/C=C/C=C/C=C2/N(CCCC(=O)O)c3ccccc3C2(C)C)=[N+](CCCCSOOO)c2ccc3cc(SOOO)cc(S(=O)(=O)O)c3c21. The van der Waals surface area contributed by atoms with Gasteiger partial charge < -0.3 is 10.0 Å². The van der Waals surface area contributed by atoms with Crippen molar-refractivity contribution in [3.05, 3.63) is 108 Å². The van der Waals surface area contributed by atoms with Gasteiger partial charge in [-0.1, -0.05) is 72.5 Å². The number of benzene rings is 3. The van der Waals surface area contributed by atoms with E-state index in [4.69, 9.17) is 10.5 Å². The van der Waals surface area contributed by atoms with Crippen LogP contribution in [0.2, 0.25) is 0 Å². The summed E-state index contributed by atoms with van der Waals surface area (Å²) >= 11 is 1.58. The monoisotopic (exact) mass is 813 g/mol. The number of fused-ring (bicyclic) bond motifs is 4. The van der Waals surface area contributed by atoms with Crippen LogP contribution in [0.15, 0.2) is 107 Å². The van der Waals surface area contributed by atoms with Crippen molar-refractivity contribution in [2.45, 2.75) is 74.0 Å². The van der Waals surface area contributed by atoms with E-state index in [0.717, 1.165) is 53.2 Å². The molecule has 0 atom stereocenters. The van der Waals surface area contributed by atoms with Crippen LogP contribution < -0.4 is 4.90 Å². The van der Waals surface area contributed by atoms with Gasteiger partial charge in [-0.3, -0.25) is 9.35 Å². The van der Waals surface area contributed by atoms with Crippen LogP contribution in [0.3, 0.4) is 0 Å². The van der Waals surface area contributed by atoms with Crippen molar-refractivity contribution < 1.29 is 56.7 Å². The number of hydrogen-bond donors (Lipinski definition) is 4. The van der Waals surface area contributed by atoms with Gasteiger partial charge in [-0.2, -0.15) is 13.0 Å². The smallest absolute Gasteiger partial charge is 0.303 e. The Morgan fingerprint density at radius 3 is 2.36 bits per heavy atom. The van der Waals surface area contributed by atoms with E-state index < -0.39 is 21.5 Å². The third kappa shape index (κ3) is 9.60. The van der Waals surface area contributed by atoms with Gasteiger partial charge >= 0.3 is 5.97 Å². The van der Waals surface area contributed by atoms with Crippen LogP contribution in [-0.2, 0) is 44.5 Å². The number of carbonyl (C=O) groups is 1. The van der Waals surface area contributed by atoms with Gasteiger partial charge in [-0.05, 0) is 68.0 Å². The van der Waals surface area contributed by atoms with Gasteiger partial charge in [0.15, 0.2) is 5.71 Å². The summed E-state index contributed by atoms with van der Waals surface area (Å²) in [4.78, 5) is 13.4. The molecule has 0 unspecified atom stereocenters. The molecule has 0 aromatic heterocycles. The van der Waals surface area contributed by atoms with Crippen molar-refractivity contribution in [3.63, 3.8) is 0 Å². The van der Waals surface area contributed by atoms with Gasteiger partial charge in [0.1, 0.15) is 11.4 Å². The summed E-state index contributed by atoms with van der Waals surface area (Å²) in [6.45, 7) is 9.52. The zero-order valence-corrected chi connectivity index (χ0v) is 33.3. The van der Waals surface area contributed by atoms with E-state index in [2.05, 4.69) is 60.3 Å². The summed E-state index contributed by atoms with van der Waals surface area (Å²) in [5, 5.41) is 34.6. The number of unbranched alkanes of at least 4 members (excludes halogenated alkanes) is 1. The van der Waals surface area contributed by atoms with E-state index in [9.17, 15) is 22.9 Å². The van der Waals surface area contributed by atoms with Gasteiger partial charge in [0.05, 0.1) is 17.5 Å². The van der Waals surface area contributed by atoms with Crippen LogP contribution in [0, 0.1) is 0 Å². The van der Waals surface area contributed by atoms with Crippen LogP contribution >= 0.6 is 24.1 Å². The number of anilines is 1. The van der Waals surface area contributed by atoms with E-state index in [-0.39, 0.29) is 16.7 Å².